The second-order valence-corrected chi connectivity index (χ2v) is 4.41. The fourth-order valence-corrected chi connectivity index (χ4v) is 1.76. The monoisotopic (exact) mass is 254 g/mol. The zero-order chi connectivity index (χ0) is 13.7. The summed E-state index contributed by atoms with van der Waals surface area (Å²) < 4.78 is 5.14. The lowest BCUT2D eigenvalue weighted by molar-refractivity contribution is 0.415. The van der Waals surface area contributed by atoms with Crippen molar-refractivity contribution in [3.8, 4) is 5.75 Å². The highest BCUT2D eigenvalue weighted by molar-refractivity contribution is 5.99. The van der Waals surface area contributed by atoms with Crippen LogP contribution in [-0.4, -0.2) is 12.8 Å². The van der Waals surface area contributed by atoms with Gasteiger partial charge in [-0.25, -0.2) is 0 Å². The van der Waals surface area contributed by atoms with Crippen LogP contribution in [0.25, 0.3) is 0 Å². The number of anilines is 1. The molecule has 0 aliphatic carbocycles. The minimum absolute atomic E-state index is 0.850. The van der Waals surface area contributed by atoms with Crippen LogP contribution in [0.3, 0.4) is 0 Å². The molecule has 0 amide bonds. The molecule has 0 fully saturated rings. The Kier molecular flexibility index (Phi) is 4.18. The first-order valence-electron chi connectivity index (χ1n) is 6.20. The van der Waals surface area contributed by atoms with Gasteiger partial charge in [-0.2, -0.15) is 5.10 Å². The van der Waals surface area contributed by atoms with E-state index in [9.17, 15) is 0 Å². The molecule has 0 aliphatic rings. The summed E-state index contributed by atoms with van der Waals surface area (Å²) in [6, 6.07) is 16.0. The molecular weight excluding hydrogens is 236 g/mol. The maximum Gasteiger partial charge on any atom is 0.118 e. The number of hydrogen-bond acceptors (Lipinski definition) is 3. The van der Waals surface area contributed by atoms with Crippen molar-refractivity contribution < 1.29 is 4.74 Å². The van der Waals surface area contributed by atoms with Crippen LogP contribution in [-0.2, 0) is 0 Å². The number of nitrogens with zero attached hydrogens (tertiary/aromatic N) is 1. The lowest BCUT2D eigenvalue weighted by atomic mass is 10.1. The molecule has 0 spiro atoms. The first-order chi connectivity index (χ1) is 9.19. The summed E-state index contributed by atoms with van der Waals surface area (Å²) in [6.07, 6.45) is 0. The molecule has 0 bridgehead atoms. The van der Waals surface area contributed by atoms with E-state index in [1.807, 2.05) is 43.3 Å². The summed E-state index contributed by atoms with van der Waals surface area (Å²) in [4.78, 5) is 0. The first kappa shape index (κ1) is 13.1. The lowest BCUT2D eigenvalue weighted by Gasteiger charge is -2.05. The molecule has 98 valence electrons. The average molecular weight is 254 g/mol. The van der Waals surface area contributed by atoms with Crippen molar-refractivity contribution in [3.05, 3.63) is 59.7 Å². The Morgan fingerprint density at radius 3 is 2.47 bits per heavy atom. The van der Waals surface area contributed by atoms with Gasteiger partial charge in [-0.05, 0) is 61.4 Å². The molecule has 3 heteroatoms. The van der Waals surface area contributed by atoms with Crippen LogP contribution in [0, 0.1) is 6.92 Å². The van der Waals surface area contributed by atoms with Crippen molar-refractivity contribution in [3.63, 3.8) is 0 Å². The Labute approximate surface area is 113 Å². The van der Waals surface area contributed by atoms with E-state index >= 15 is 0 Å². The molecule has 2 aromatic rings. The Balaban J connectivity index is 2.09. The molecule has 0 aliphatic heterocycles. The number of ether oxygens (including phenoxy) is 1. The molecule has 19 heavy (non-hydrogen) atoms. The number of rotatable bonds is 4. The number of nitrogens with one attached hydrogen (secondary N) is 1. The van der Waals surface area contributed by atoms with Crippen LogP contribution in [0.4, 0.5) is 5.69 Å². The third-order valence-electron chi connectivity index (χ3n) is 2.88. The predicted molar refractivity (Wildman–Crippen MR) is 80.0 cm³/mol. The van der Waals surface area contributed by atoms with Crippen LogP contribution in [0.15, 0.2) is 53.6 Å². The van der Waals surface area contributed by atoms with Gasteiger partial charge in [0.15, 0.2) is 0 Å². The van der Waals surface area contributed by atoms with Gasteiger partial charge < -0.3 is 4.74 Å². The van der Waals surface area contributed by atoms with Crippen molar-refractivity contribution in [2.75, 3.05) is 12.5 Å². The first-order valence-corrected chi connectivity index (χ1v) is 6.20. The SMILES string of the molecule is COc1ccc(/C(C)=N\Nc2cccc(C)c2)cc1. The maximum absolute atomic E-state index is 5.14. The van der Waals surface area contributed by atoms with E-state index in [1.54, 1.807) is 7.11 Å². The van der Waals surface area contributed by atoms with E-state index in [0.717, 1.165) is 22.7 Å². The fraction of sp³-hybridized carbons (Fsp3) is 0.188. The molecule has 0 unspecified atom stereocenters. The van der Waals surface area contributed by atoms with Gasteiger partial charge in [0.1, 0.15) is 5.75 Å². The Morgan fingerprint density at radius 2 is 1.84 bits per heavy atom. The molecule has 0 aromatic heterocycles. The third-order valence-corrected chi connectivity index (χ3v) is 2.88. The van der Waals surface area contributed by atoms with E-state index in [-0.39, 0.29) is 0 Å². The van der Waals surface area contributed by atoms with Crippen molar-refractivity contribution in [1.29, 1.82) is 0 Å². The summed E-state index contributed by atoms with van der Waals surface area (Å²) in [6.45, 7) is 4.04. The summed E-state index contributed by atoms with van der Waals surface area (Å²) in [5.41, 5.74) is 7.28. The van der Waals surface area contributed by atoms with E-state index in [2.05, 4.69) is 29.6 Å². The number of benzene rings is 2. The zero-order valence-corrected chi connectivity index (χ0v) is 11.5. The highest BCUT2D eigenvalue weighted by Crippen LogP contribution is 2.13. The van der Waals surface area contributed by atoms with E-state index in [1.165, 1.54) is 5.56 Å². The summed E-state index contributed by atoms with van der Waals surface area (Å²) in [7, 11) is 1.66. The number of hydrazone groups is 1. The molecule has 0 saturated heterocycles. The molecule has 3 nitrogen and oxygen atoms in total. The molecule has 0 heterocycles. The molecule has 0 saturated carbocycles. The van der Waals surface area contributed by atoms with Crippen LogP contribution in [0.2, 0.25) is 0 Å². The molecule has 1 N–H and O–H groups in total. The quantitative estimate of drug-likeness (QED) is 0.664. The van der Waals surface area contributed by atoms with Gasteiger partial charge in [0, 0.05) is 0 Å². The Hall–Kier alpha value is -2.29. The van der Waals surface area contributed by atoms with Crippen LogP contribution < -0.4 is 10.2 Å². The van der Waals surface area contributed by atoms with Crippen LogP contribution in [0.1, 0.15) is 18.1 Å². The van der Waals surface area contributed by atoms with Gasteiger partial charge in [-0.1, -0.05) is 12.1 Å². The van der Waals surface area contributed by atoms with E-state index < -0.39 is 0 Å². The van der Waals surface area contributed by atoms with Crippen molar-refractivity contribution in [2.45, 2.75) is 13.8 Å². The standard InChI is InChI=1S/C16H18N2O/c1-12-5-4-6-15(11-12)18-17-13(2)14-7-9-16(19-3)10-8-14/h4-11,18H,1-3H3/b17-13-. The number of aryl methyl sites for hydroxylation is 1. The molecule has 2 rings (SSSR count). The highest BCUT2D eigenvalue weighted by atomic mass is 16.5. The molecular formula is C16H18N2O. The van der Waals surface area contributed by atoms with Crippen LogP contribution >= 0.6 is 0 Å². The average Bonchev–Trinajstić information content (AvgIpc) is 2.45. The number of hydrogen-bond donors (Lipinski definition) is 1. The largest absolute Gasteiger partial charge is 0.497 e. The number of methoxy groups -OCH3 is 1. The fourth-order valence-electron chi connectivity index (χ4n) is 1.76. The van der Waals surface area contributed by atoms with Gasteiger partial charge in [0.2, 0.25) is 0 Å². The predicted octanol–water partition coefficient (Wildman–Crippen LogP) is 3.84. The van der Waals surface area contributed by atoms with Gasteiger partial charge in [-0.15, -0.1) is 0 Å². The summed E-state index contributed by atoms with van der Waals surface area (Å²) >= 11 is 0. The Morgan fingerprint density at radius 1 is 1.11 bits per heavy atom. The molecule has 0 atom stereocenters. The minimum atomic E-state index is 0.850. The molecule has 2 aromatic carbocycles. The Bertz CT molecular complexity index is 574. The van der Waals surface area contributed by atoms with E-state index in [4.69, 9.17) is 4.74 Å². The van der Waals surface area contributed by atoms with Gasteiger partial charge in [0.25, 0.3) is 0 Å². The summed E-state index contributed by atoms with van der Waals surface area (Å²) in [5, 5.41) is 4.39. The lowest BCUT2D eigenvalue weighted by Crippen LogP contribution is -1.99. The summed E-state index contributed by atoms with van der Waals surface area (Å²) in [5.74, 6) is 0.850. The van der Waals surface area contributed by atoms with Gasteiger partial charge in [-0.3, -0.25) is 5.43 Å². The van der Waals surface area contributed by atoms with Crippen molar-refractivity contribution in [1.82, 2.24) is 0 Å². The second-order valence-electron chi connectivity index (χ2n) is 4.41. The topological polar surface area (TPSA) is 33.6 Å². The van der Waals surface area contributed by atoms with Crippen LogP contribution in [0.5, 0.6) is 5.75 Å². The van der Waals surface area contributed by atoms with E-state index in [0.29, 0.717) is 0 Å². The molecule has 0 radical (unpaired) electrons. The third kappa shape index (κ3) is 3.58. The highest BCUT2D eigenvalue weighted by Gasteiger charge is 1.98. The van der Waals surface area contributed by atoms with Gasteiger partial charge in [0.05, 0.1) is 18.5 Å². The smallest absolute Gasteiger partial charge is 0.118 e. The normalized spacial score (nSPS) is 11.2. The van der Waals surface area contributed by atoms with Crippen molar-refractivity contribution >= 4 is 11.4 Å². The van der Waals surface area contributed by atoms with Gasteiger partial charge >= 0.3 is 0 Å². The second kappa shape index (κ2) is 6.05. The minimum Gasteiger partial charge on any atom is -0.497 e. The van der Waals surface area contributed by atoms with Crippen molar-refractivity contribution in [2.24, 2.45) is 5.10 Å². The maximum atomic E-state index is 5.14. The zero-order valence-electron chi connectivity index (χ0n) is 11.5.